The van der Waals surface area contributed by atoms with Crippen LogP contribution in [-0.4, -0.2) is 17.1 Å². The molecule has 1 amide bonds. The molecule has 5 heteroatoms. The first-order valence-electron chi connectivity index (χ1n) is 8.19. The molecule has 0 aliphatic carbocycles. The van der Waals surface area contributed by atoms with E-state index in [9.17, 15) is 9.59 Å². The third-order valence-electron chi connectivity index (χ3n) is 4.07. The highest BCUT2D eigenvalue weighted by Gasteiger charge is 2.10. The van der Waals surface area contributed by atoms with E-state index in [1.165, 1.54) is 0 Å². The molecule has 0 fully saturated rings. The number of ether oxygens (including phenoxy) is 1. The maximum Gasteiger partial charge on any atom is 0.255 e. The van der Waals surface area contributed by atoms with E-state index in [0.29, 0.717) is 17.7 Å². The number of carbonyl (C=O) groups is 1. The quantitative estimate of drug-likeness (QED) is 0.779. The number of nitrogens with zero attached hydrogens (tertiary/aromatic N) is 1. The summed E-state index contributed by atoms with van der Waals surface area (Å²) >= 11 is 0. The Morgan fingerprint density at radius 1 is 1.12 bits per heavy atom. The summed E-state index contributed by atoms with van der Waals surface area (Å²) in [5.41, 5.74) is 1.85. The van der Waals surface area contributed by atoms with Crippen LogP contribution in [0.5, 0.6) is 5.75 Å². The number of pyridine rings is 1. The van der Waals surface area contributed by atoms with E-state index in [-0.39, 0.29) is 18.0 Å². The third kappa shape index (κ3) is 3.55. The SMILES string of the molecule is CCOc1ccc(C(=O)NCc2cc3ccccc3n(C)c2=O)cc1. The van der Waals surface area contributed by atoms with Gasteiger partial charge in [0.1, 0.15) is 5.75 Å². The summed E-state index contributed by atoms with van der Waals surface area (Å²) in [4.78, 5) is 24.7. The Kier molecular flexibility index (Phi) is 4.84. The Bertz CT molecular complexity index is 959. The average Bonchev–Trinajstić information content (AvgIpc) is 2.64. The summed E-state index contributed by atoms with van der Waals surface area (Å²) in [5.74, 6) is 0.501. The molecule has 5 nitrogen and oxygen atoms in total. The molecule has 0 spiro atoms. The first-order valence-corrected chi connectivity index (χ1v) is 8.19. The second-order valence-electron chi connectivity index (χ2n) is 5.73. The first-order chi connectivity index (χ1) is 12.1. The monoisotopic (exact) mass is 336 g/mol. The first kappa shape index (κ1) is 16.8. The number of aromatic nitrogens is 1. The zero-order valence-electron chi connectivity index (χ0n) is 14.3. The lowest BCUT2D eigenvalue weighted by molar-refractivity contribution is 0.0950. The molecule has 0 saturated carbocycles. The molecule has 0 bridgehead atoms. The van der Waals surface area contributed by atoms with Gasteiger partial charge in [0, 0.05) is 24.7 Å². The molecule has 25 heavy (non-hydrogen) atoms. The van der Waals surface area contributed by atoms with E-state index in [0.717, 1.165) is 16.7 Å². The molecule has 0 saturated heterocycles. The van der Waals surface area contributed by atoms with Crippen molar-refractivity contribution in [1.29, 1.82) is 0 Å². The molecular formula is C20H20N2O3. The van der Waals surface area contributed by atoms with Gasteiger partial charge in [0.05, 0.1) is 12.1 Å². The van der Waals surface area contributed by atoms with Crippen LogP contribution < -0.4 is 15.6 Å². The zero-order valence-corrected chi connectivity index (χ0v) is 14.3. The van der Waals surface area contributed by atoms with E-state index in [4.69, 9.17) is 4.74 Å². The molecule has 1 aromatic heterocycles. The van der Waals surface area contributed by atoms with Gasteiger partial charge in [-0.2, -0.15) is 0 Å². The lowest BCUT2D eigenvalue weighted by atomic mass is 10.1. The summed E-state index contributed by atoms with van der Waals surface area (Å²) in [6, 6.07) is 16.4. The number of nitrogens with one attached hydrogen (secondary N) is 1. The summed E-state index contributed by atoms with van der Waals surface area (Å²) in [7, 11) is 1.74. The predicted molar refractivity (Wildman–Crippen MR) is 98.0 cm³/mol. The number of hydrogen-bond acceptors (Lipinski definition) is 3. The predicted octanol–water partition coefficient (Wildman–Crippen LogP) is 2.87. The van der Waals surface area contributed by atoms with Gasteiger partial charge in [0.25, 0.3) is 11.5 Å². The summed E-state index contributed by atoms with van der Waals surface area (Å²) in [5, 5.41) is 3.77. The second kappa shape index (κ2) is 7.21. The van der Waals surface area contributed by atoms with Crippen LogP contribution in [0.4, 0.5) is 0 Å². The number of amides is 1. The van der Waals surface area contributed by atoms with Crippen LogP contribution in [0.25, 0.3) is 10.9 Å². The van der Waals surface area contributed by atoms with Crippen molar-refractivity contribution in [3.63, 3.8) is 0 Å². The maximum absolute atomic E-state index is 12.4. The van der Waals surface area contributed by atoms with Crippen LogP contribution in [0.3, 0.4) is 0 Å². The normalized spacial score (nSPS) is 10.6. The highest BCUT2D eigenvalue weighted by atomic mass is 16.5. The third-order valence-corrected chi connectivity index (χ3v) is 4.07. The molecular weight excluding hydrogens is 316 g/mol. The van der Waals surface area contributed by atoms with Crippen molar-refractivity contribution in [2.75, 3.05) is 6.61 Å². The number of fused-ring (bicyclic) bond motifs is 1. The van der Waals surface area contributed by atoms with Crippen LogP contribution in [-0.2, 0) is 13.6 Å². The molecule has 0 radical (unpaired) electrons. The summed E-state index contributed by atoms with van der Waals surface area (Å²) in [6.07, 6.45) is 0. The maximum atomic E-state index is 12.4. The van der Waals surface area contributed by atoms with Crippen LogP contribution in [0.2, 0.25) is 0 Å². The molecule has 2 aromatic carbocycles. The highest BCUT2D eigenvalue weighted by Crippen LogP contribution is 2.13. The van der Waals surface area contributed by atoms with Crippen molar-refractivity contribution in [2.24, 2.45) is 7.05 Å². The van der Waals surface area contributed by atoms with Gasteiger partial charge < -0.3 is 14.6 Å². The van der Waals surface area contributed by atoms with E-state index in [1.807, 2.05) is 37.3 Å². The van der Waals surface area contributed by atoms with Gasteiger partial charge in [-0.1, -0.05) is 18.2 Å². The molecule has 1 N–H and O–H groups in total. The van der Waals surface area contributed by atoms with E-state index < -0.39 is 0 Å². The van der Waals surface area contributed by atoms with Crippen molar-refractivity contribution in [3.05, 3.63) is 76.1 Å². The molecule has 128 valence electrons. The van der Waals surface area contributed by atoms with Crippen LogP contribution in [0, 0.1) is 0 Å². The van der Waals surface area contributed by atoms with Crippen molar-refractivity contribution < 1.29 is 9.53 Å². The average molecular weight is 336 g/mol. The summed E-state index contributed by atoms with van der Waals surface area (Å²) in [6.45, 7) is 2.67. The Morgan fingerprint density at radius 3 is 2.56 bits per heavy atom. The van der Waals surface area contributed by atoms with Crippen molar-refractivity contribution in [3.8, 4) is 5.75 Å². The Morgan fingerprint density at radius 2 is 1.84 bits per heavy atom. The lowest BCUT2D eigenvalue weighted by Gasteiger charge is -2.10. The smallest absolute Gasteiger partial charge is 0.255 e. The Hall–Kier alpha value is -3.08. The summed E-state index contributed by atoms with van der Waals surface area (Å²) < 4.78 is 6.97. The highest BCUT2D eigenvalue weighted by molar-refractivity contribution is 5.94. The van der Waals surface area contributed by atoms with Gasteiger partial charge in [-0.15, -0.1) is 0 Å². The fourth-order valence-electron chi connectivity index (χ4n) is 2.76. The molecule has 0 aliphatic heterocycles. The number of para-hydroxylation sites is 1. The van der Waals surface area contributed by atoms with E-state index >= 15 is 0 Å². The molecule has 3 aromatic rings. The van der Waals surface area contributed by atoms with Crippen LogP contribution >= 0.6 is 0 Å². The van der Waals surface area contributed by atoms with Gasteiger partial charge in [-0.3, -0.25) is 9.59 Å². The molecule has 0 unspecified atom stereocenters. The lowest BCUT2D eigenvalue weighted by Crippen LogP contribution is -2.29. The van der Waals surface area contributed by atoms with Crippen LogP contribution in [0.15, 0.2) is 59.4 Å². The Labute approximate surface area is 145 Å². The number of benzene rings is 2. The van der Waals surface area contributed by atoms with Gasteiger partial charge in [-0.25, -0.2) is 0 Å². The van der Waals surface area contributed by atoms with Crippen molar-refractivity contribution in [2.45, 2.75) is 13.5 Å². The van der Waals surface area contributed by atoms with Gasteiger partial charge in [0.15, 0.2) is 0 Å². The largest absolute Gasteiger partial charge is 0.494 e. The fourth-order valence-corrected chi connectivity index (χ4v) is 2.76. The minimum absolute atomic E-state index is 0.106. The minimum atomic E-state index is -0.224. The number of hydrogen-bond donors (Lipinski definition) is 1. The van der Waals surface area contributed by atoms with Crippen molar-refractivity contribution >= 4 is 16.8 Å². The Balaban J connectivity index is 1.77. The molecule has 1 heterocycles. The van der Waals surface area contributed by atoms with E-state index in [2.05, 4.69) is 5.32 Å². The number of aryl methyl sites for hydroxylation is 1. The van der Waals surface area contributed by atoms with Gasteiger partial charge in [-0.05, 0) is 48.7 Å². The van der Waals surface area contributed by atoms with Gasteiger partial charge in [0.2, 0.25) is 0 Å². The van der Waals surface area contributed by atoms with Crippen molar-refractivity contribution in [1.82, 2.24) is 9.88 Å². The molecule has 0 aliphatic rings. The van der Waals surface area contributed by atoms with Gasteiger partial charge >= 0.3 is 0 Å². The topological polar surface area (TPSA) is 60.3 Å². The molecule has 0 atom stereocenters. The van der Waals surface area contributed by atoms with E-state index in [1.54, 1.807) is 35.9 Å². The zero-order chi connectivity index (χ0) is 17.8. The second-order valence-corrected chi connectivity index (χ2v) is 5.73. The fraction of sp³-hybridized carbons (Fsp3) is 0.200. The molecule has 3 rings (SSSR count). The number of rotatable bonds is 5. The van der Waals surface area contributed by atoms with Crippen LogP contribution in [0.1, 0.15) is 22.8 Å². The number of carbonyl (C=O) groups excluding carboxylic acids is 1. The standard InChI is InChI=1S/C20H20N2O3/c1-3-25-17-10-8-14(9-11-17)19(23)21-13-16-12-15-6-4-5-7-18(15)22(2)20(16)24/h4-12H,3,13H2,1-2H3,(H,21,23). The minimum Gasteiger partial charge on any atom is -0.494 e.